The number of benzene rings is 1. The average molecular weight is 351 g/mol. The van der Waals surface area contributed by atoms with E-state index in [4.69, 9.17) is 0 Å². The fourth-order valence-electron chi connectivity index (χ4n) is 4.50. The van der Waals surface area contributed by atoms with E-state index in [0.29, 0.717) is 13.1 Å². The smallest absolute Gasteiger partial charge is 0.243 e. The van der Waals surface area contributed by atoms with Crippen LogP contribution in [0.3, 0.4) is 0 Å². The Morgan fingerprint density at radius 1 is 1.08 bits per heavy atom. The second kappa shape index (κ2) is 6.24. The molecule has 2 bridgehead atoms. The molecule has 1 heterocycles. The van der Waals surface area contributed by atoms with Gasteiger partial charge in [-0.2, -0.15) is 4.31 Å². The summed E-state index contributed by atoms with van der Waals surface area (Å²) in [5, 5.41) is 0. The van der Waals surface area contributed by atoms with Gasteiger partial charge in [-0.3, -0.25) is 0 Å². The SMILES string of the molecule is O=S(=O)(c1ccc(F)cc1)N1CC[NH+](C[C@H]2C[C@@H]3C=C[C@H]2C3)CC1. The van der Waals surface area contributed by atoms with Crippen LogP contribution in [0.5, 0.6) is 0 Å². The lowest BCUT2D eigenvalue weighted by Crippen LogP contribution is -3.15. The van der Waals surface area contributed by atoms with Crippen molar-refractivity contribution in [1.29, 1.82) is 0 Å². The first kappa shape index (κ1) is 16.2. The number of hydrogen-bond donors (Lipinski definition) is 1. The Kier molecular flexibility index (Phi) is 4.22. The van der Waals surface area contributed by atoms with Gasteiger partial charge in [0.05, 0.1) is 37.6 Å². The van der Waals surface area contributed by atoms with Crippen molar-refractivity contribution in [1.82, 2.24) is 4.31 Å². The normalized spacial score (nSPS) is 31.0. The maximum Gasteiger partial charge on any atom is 0.243 e. The van der Waals surface area contributed by atoms with E-state index >= 15 is 0 Å². The van der Waals surface area contributed by atoms with Gasteiger partial charge in [0.2, 0.25) is 10.0 Å². The zero-order chi connectivity index (χ0) is 16.7. The number of sulfonamides is 1. The Labute approximate surface area is 143 Å². The van der Waals surface area contributed by atoms with Gasteiger partial charge in [-0.25, -0.2) is 12.8 Å². The van der Waals surface area contributed by atoms with Crippen molar-refractivity contribution in [3.63, 3.8) is 0 Å². The molecule has 1 aromatic carbocycles. The highest BCUT2D eigenvalue weighted by molar-refractivity contribution is 7.89. The van der Waals surface area contributed by atoms with Crippen LogP contribution < -0.4 is 4.90 Å². The van der Waals surface area contributed by atoms with Crippen LogP contribution in [-0.2, 0) is 10.0 Å². The van der Waals surface area contributed by atoms with E-state index in [-0.39, 0.29) is 4.90 Å². The van der Waals surface area contributed by atoms with Crippen LogP contribution in [0.1, 0.15) is 12.8 Å². The lowest BCUT2D eigenvalue weighted by atomic mass is 9.93. The second-order valence-corrected chi connectivity index (χ2v) is 9.29. The van der Waals surface area contributed by atoms with Gasteiger partial charge >= 0.3 is 0 Å². The number of fused-ring (bicyclic) bond motifs is 2. The summed E-state index contributed by atoms with van der Waals surface area (Å²) < 4.78 is 39.8. The van der Waals surface area contributed by atoms with Crippen molar-refractivity contribution in [2.24, 2.45) is 17.8 Å². The number of quaternary nitrogens is 1. The minimum Gasteiger partial charge on any atom is -0.332 e. The molecule has 1 saturated heterocycles. The molecule has 0 unspecified atom stereocenters. The van der Waals surface area contributed by atoms with Crippen LogP contribution >= 0.6 is 0 Å². The van der Waals surface area contributed by atoms with Crippen LogP contribution in [0, 0.1) is 23.6 Å². The summed E-state index contributed by atoms with van der Waals surface area (Å²) in [5.41, 5.74) is 0. The lowest BCUT2D eigenvalue weighted by molar-refractivity contribution is -0.907. The number of hydrogen-bond acceptors (Lipinski definition) is 2. The molecule has 4 nitrogen and oxygen atoms in total. The Morgan fingerprint density at radius 3 is 2.38 bits per heavy atom. The summed E-state index contributed by atoms with van der Waals surface area (Å²) in [4.78, 5) is 1.71. The number of allylic oxidation sites excluding steroid dienone is 2. The maximum atomic E-state index is 13.0. The molecule has 3 aliphatic rings. The number of rotatable bonds is 4. The quantitative estimate of drug-likeness (QED) is 0.820. The standard InChI is InChI=1S/C18H23FN2O2S/c19-17-3-5-18(6-4-17)24(22,23)21-9-7-20(8-10-21)13-16-12-14-1-2-15(16)11-14/h1-6,14-16H,7-13H2/p+1/t14-,15+,16-/m1/s1. The maximum absolute atomic E-state index is 13.0. The van der Waals surface area contributed by atoms with Gasteiger partial charge in [0, 0.05) is 5.92 Å². The molecule has 1 N–H and O–H groups in total. The molecule has 2 fully saturated rings. The predicted molar refractivity (Wildman–Crippen MR) is 89.6 cm³/mol. The predicted octanol–water partition coefficient (Wildman–Crippen LogP) is 0.927. The van der Waals surface area contributed by atoms with Crippen molar-refractivity contribution in [2.45, 2.75) is 17.7 Å². The molecule has 3 atom stereocenters. The minimum atomic E-state index is -3.50. The highest BCUT2D eigenvalue weighted by Gasteiger charge is 2.39. The fourth-order valence-corrected chi connectivity index (χ4v) is 5.94. The van der Waals surface area contributed by atoms with E-state index < -0.39 is 15.8 Å². The number of piperazine rings is 1. The van der Waals surface area contributed by atoms with Crippen LogP contribution in [0.4, 0.5) is 4.39 Å². The average Bonchev–Trinajstić information content (AvgIpc) is 3.19. The zero-order valence-corrected chi connectivity index (χ0v) is 14.5. The van der Waals surface area contributed by atoms with Gasteiger partial charge in [-0.1, -0.05) is 12.2 Å². The number of nitrogens with one attached hydrogen (secondary N) is 1. The number of halogens is 1. The van der Waals surface area contributed by atoms with E-state index in [0.717, 1.165) is 37.4 Å². The molecular formula is C18H24FN2O2S+. The van der Waals surface area contributed by atoms with Crippen molar-refractivity contribution in [3.8, 4) is 0 Å². The first-order valence-corrected chi connectivity index (χ1v) is 10.2. The molecule has 130 valence electrons. The van der Waals surface area contributed by atoms with Gasteiger partial charge in [-0.15, -0.1) is 0 Å². The molecule has 1 saturated carbocycles. The molecule has 0 aromatic heterocycles. The van der Waals surface area contributed by atoms with Gasteiger partial charge < -0.3 is 4.90 Å². The van der Waals surface area contributed by atoms with Gasteiger partial charge in [0.25, 0.3) is 0 Å². The molecule has 1 aromatic rings. The van der Waals surface area contributed by atoms with E-state index in [2.05, 4.69) is 12.2 Å². The van der Waals surface area contributed by atoms with Crippen LogP contribution in [0.2, 0.25) is 0 Å². The van der Waals surface area contributed by atoms with E-state index in [1.54, 1.807) is 4.31 Å². The largest absolute Gasteiger partial charge is 0.332 e. The molecule has 24 heavy (non-hydrogen) atoms. The first-order chi connectivity index (χ1) is 11.5. The Hall–Kier alpha value is -1.24. The van der Waals surface area contributed by atoms with Crippen LogP contribution in [-0.4, -0.2) is 45.4 Å². The molecule has 0 radical (unpaired) electrons. The third kappa shape index (κ3) is 3.03. The summed E-state index contributed by atoms with van der Waals surface area (Å²) in [5.74, 6) is 1.90. The van der Waals surface area contributed by atoms with Crippen molar-refractivity contribution in [2.75, 3.05) is 32.7 Å². The molecule has 4 rings (SSSR count). The number of nitrogens with zero attached hydrogens (tertiary/aromatic N) is 1. The Bertz CT molecular complexity index is 724. The van der Waals surface area contributed by atoms with E-state index in [1.165, 1.54) is 42.0 Å². The summed E-state index contributed by atoms with van der Waals surface area (Å²) in [6.45, 7) is 3.98. The molecule has 1 aliphatic heterocycles. The molecule has 0 amide bonds. The monoisotopic (exact) mass is 351 g/mol. The Balaban J connectivity index is 1.35. The van der Waals surface area contributed by atoms with Crippen molar-refractivity contribution >= 4 is 10.0 Å². The fraction of sp³-hybridized carbons (Fsp3) is 0.556. The van der Waals surface area contributed by atoms with E-state index in [9.17, 15) is 12.8 Å². The highest BCUT2D eigenvalue weighted by atomic mass is 32.2. The minimum absolute atomic E-state index is 0.186. The summed E-state index contributed by atoms with van der Waals surface area (Å²) >= 11 is 0. The summed E-state index contributed by atoms with van der Waals surface area (Å²) in [7, 11) is -3.50. The molecule has 6 heteroatoms. The molecular weight excluding hydrogens is 327 g/mol. The highest BCUT2D eigenvalue weighted by Crippen LogP contribution is 2.42. The molecule has 2 aliphatic carbocycles. The van der Waals surface area contributed by atoms with Crippen LogP contribution in [0.25, 0.3) is 0 Å². The first-order valence-electron chi connectivity index (χ1n) is 8.80. The molecule has 0 spiro atoms. The van der Waals surface area contributed by atoms with Gasteiger partial charge in [0.15, 0.2) is 0 Å². The summed E-state index contributed by atoms with van der Waals surface area (Å²) in [6.07, 6.45) is 7.38. The summed E-state index contributed by atoms with van der Waals surface area (Å²) in [6, 6.07) is 5.12. The van der Waals surface area contributed by atoms with E-state index in [1.807, 2.05) is 0 Å². The third-order valence-electron chi connectivity index (χ3n) is 5.85. The van der Waals surface area contributed by atoms with Crippen molar-refractivity contribution in [3.05, 3.63) is 42.2 Å². The van der Waals surface area contributed by atoms with Gasteiger partial charge in [0.1, 0.15) is 5.82 Å². The zero-order valence-electron chi connectivity index (χ0n) is 13.7. The topological polar surface area (TPSA) is 41.8 Å². The third-order valence-corrected chi connectivity index (χ3v) is 7.76. The second-order valence-electron chi connectivity index (χ2n) is 7.35. The van der Waals surface area contributed by atoms with Gasteiger partial charge in [-0.05, 0) is 48.9 Å². The Morgan fingerprint density at radius 2 is 1.79 bits per heavy atom. The lowest BCUT2D eigenvalue weighted by Gasteiger charge is -2.33. The van der Waals surface area contributed by atoms with Crippen LogP contribution in [0.15, 0.2) is 41.3 Å². The van der Waals surface area contributed by atoms with Crippen molar-refractivity contribution < 1.29 is 17.7 Å².